The Kier molecular flexibility index (Phi) is 3.75. The quantitative estimate of drug-likeness (QED) is 0.369. The molecule has 5 aromatic rings. The van der Waals surface area contributed by atoms with E-state index < -0.39 is 0 Å². The van der Waals surface area contributed by atoms with E-state index in [1.165, 1.54) is 33.0 Å². The summed E-state index contributed by atoms with van der Waals surface area (Å²) in [6, 6.07) is 31.9. The standard InChI is InChI=1S/C25H20N2/c1-2-21-24(19-13-7-4-8-14-19)26-27-23(18-11-5-3-6-12-18)17-20-15-9-10-16-22(20)25(21)27/h3-17H,2H2,1H3. The number of aromatic nitrogens is 2. The van der Waals surface area contributed by atoms with Gasteiger partial charge in [-0.2, -0.15) is 5.10 Å². The Morgan fingerprint density at radius 1 is 0.741 bits per heavy atom. The van der Waals surface area contributed by atoms with E-state index in [2.05, 4.69) is 102 Å². The second kappa shape index (κ2) is 6.40. The summed E-state index contributed by atoms with van der Waals surface area (Å²) >= 11 is 0. The average molecular weight is 348 g/mol. The molecule has 0 unspecified atom stereocenters. The van der Waals surface area contributed by atoms with Crippen molar-refractivity contribution in [1.29, 1.82) is 0 Å². The third-order valence-corrected chi connectivity index (χ3v) is 5.19. The monoisotopic (exact) mass is 348 g/mol. The fourth-order valence-corrected chi connectivity index (χ4v) is 3.93. The highest BCUT2D eigenvalue weighted by Gasteiger charge is 2.18. The molecule has 5 rings (SSSR count). The number of hydrogen-bond acceptors (Lipinski definition) is 1. The highest BCUT2D eigenvalue weighted by molar-refractivity contribution is 6.01. The van der Waals surface area contributed by atoms with Gasteiger partial charge in [-0.25, -0.2) is 4.52 Å². The van der Waals surface area contributed by atoms with E-state index in [-0.39, 0.29) is 0 Å². The van der Waals surface area contributed by atoms with Crippen LogP contribution in [-0.4, -0.2) is 9.61 Å². The van der Waals surface area contributed by atoms with Crippen molar-refractivity contribution >= 4 is 16.3 Å². The third-order valence-electron chi connectivity index (χ3n) is 5.19. The molecule has 0 amide bonds. The molecule has 0 fully saturated rings. The van der Waals surface area contributed by atoms with Gasteiger partial charge in [-0.1, -0.05) is 91.9 Å². The normalized spacial score (nSPS) is 11.3. The number of rotatable bonds is 3. The molecule has 0 aliphatic carbocycles. The van der Waals surface area contributed by atoms with Crippen molar-refractivity contribution in [1.82, 2.24) is 9.61 Å². The first-order chi connectivity index (χ1) is 13.4. The largest absolute Gasteiger partial charge is 0.232 e. The molecule has 0 radical (unpaired) electrons. The third kappa shape index (κ3) is 2.53. The van der Waals surface area contributed by atoms with E-state index in [9.17, 15) is 0 Å². The van der Waals surface area contributed by atoms with E-state index in [1.807, 2.05) is 0 Å². The number of aryl methyl sites for hydroxylation is 1. The summed E-state index contributed by atoms with van der Waals surface area (Å²) in [4.78, 5) is 0. The lowest BCUT2D eigenvalue weighted by Gasteiger charge is -2.09. The molecule has 2 aromatic heterocycles. The summed E-state index contributed by atoms with van der Waals surface area (Å²) in [5, 5.41) is 7.60. The van der Waals surface area contributed by atoms with Crippen LogP contribution in [0.2, 0.25) is 0 Å². The highest BCUT2D eigenvalue weighted by Crippen LogP contribution is 2.35. The van der Waals surface area contributed by atoms with Crippen molar-refractivity contribution in [3.63, 3.8) is 0 Å². The van der Waals surface area contributed by atoms with Crippen molar-refractivity contribution in [3.8, 4) is 22.5 Å². The SMILES string of the molecule is CCc1c(-c2ccccc2)nn2c(-c3ccccc3)cc3ccccc3c12. The molecule has 0 bridgehead atoms. The summed E-state index contributed by atoms with van der Waals surface area (Å²) in [7, 11) is 0. The smallest absolute Gasteiger partial charge is 0.0966 e. The van der Waals surface area contributed by atoms with Gasteiger partial charge in [-0.15, -0.1) is 0 Å². The Balaban J connectivity index is 1.95. The van der Waals surface area contributed by atoms with Gasteiger partial charge < -0.3 is 0 Å². The van der Waals surface area contributed by atoms with Gasteiger partial charge in [0.05, 0.1) is 16.9 Å². The molecule has 0 saturated heterocycles. The predicted molar refractivity (Wildman–Crippen MR) is 113 cm³/mol. The summed E-state index contributed by atoms with van der Waals surface area (Å²) in [6.45, 7) is 2.22. The first-order valence-corrected chi connectivity index (χ1v) is 9.41. The Hall–Kier alpha value is -3.39. The molecule has 0 aliphatic rings. The van der Waals surface area contributed by atoms with Crippen LogP contribution in [0.3, 0.4) is 0 Å². The molecule has 0 atom stereocenters. The Morgan fingerprint density at radius 3 is 2.07 bits per heavy atom. The molecular weight excluding hydrogens is 328 g/mol. The lowest BCUT2D eigenvalue weighted by molar-refractivity contribution is 0.979. The van der Waals surface area contributed by atoms with E-state index >= 15 is 0 Å². The fourth-order valence-electron chi connectivity index (χ4n) is 3.93. The second-order valence-electron chi connectivity index (χ2n) is 6.79. The van der Waals surface area contributed by atoms with Crippen LogP contribution in [0, 0.1) is 0 Å². The molecule has 2 nitrogen and oxygen atoms in total. The summed E-state index contributed by atoms with van der Waals surface area (Å²) < 4.78 is 2.14. The van der Waals surface area contributed by atoms with Crippen molar-refractivity contribution in [2.24, 2.45) is 0 Å². The van der Waals surface area contributed by atoms with Gasteiger partial charge in [-0.05, 0) is 17.9 Å². The van der Waals surface area contributed by atoms with Crippen molar-refractivity contribution in [3.05, 3.63) is 96.6 Å². The molecule has 3 aromatic carbocycles. The van der Waals surface area contributed by atoms with Crippen LogP contribution in [0.4, 0.5) is 0 Å². The molecule has 2 heteroatoms. The highest BCUT2D eigenvalue weighted by atomic mass is 15.2. The molecule has 2 heterocycles. The summed E-state index contributed by atoms with van der Waals surface area (Å²) in [6.07, 6.45) is 0.940. The molecule has 0 saturated carbocycles. The number of hydrogen-bond donors (Lipinski definition) is 0. The second-order valence-corrected chi connectivity index (χ2v) is 6.79. The van der Waals surface area contributed by atoms with Crippen molar-refractivity contribution < 1.29 is 0 Å². The maximum Gasteiger partial charge on any atom is 0.0966 e. The number of nitrogens with zero attached hydrogens (tertiary/aromatic N) is 2. The van der Waals surface area contributed by atoms with Crippen LogP contribution in [0.25, 0.3) is 38.8 Å². The molecule has 27 heavy (non-hydrogen) atoms. The maximum absolute atomic E-state index is 5.10. The van der Waals surface area contributed by atoms with Gasteiger partial charge in [0.1, 0.15) is 0 Å². The van der Waals surface area contributed by atoms with E-state index in [0.717, 1.165) is 17.8 Å². The minimum atomic E-state index is 0.940. The van der Waals surface area contributed by atoms with Crippen LogP contribution in [-0.2, 0) is 6.42 Å². The van der Waals surface area contributed by atoms with Crippen LogP contribution in [0.5, 0.6) is 0 Å². The zero-order chi connectivity index (χ0) is 18.2. The van der Waals surface area contributed by atoms with Gasteiger partial charge in [0.2, 0.25) is 0 Å². The van der Waals surface area contributed by atoms with Crippen molar-refractivity contribution in [2.75, 3.05) is 0 Å². The number of pyridine rings is 1. The molecule has 0 N–H and O–H groups in total. The maximum atomic E-state index is 5.10. The predicted octanol–water partition coefficient (Wildman–Crippen LogP) is 6.38. The Labute approximate surface area is 158 Å². The zero-order valence-corrected chi connectivity index (χ0v) is 15.3. The van der Waals surface area contributed by atoms with E-state index in [1.54, 1.807) is 0 Å². The van der Waals surface area contributed by atoms with Crippen LogP contribution < -0.4 is 0 Å². The lowest BCUT2D eigenvalue weighted by atomic mass is 10.0. The topological polar surface area (TPSA) is 17.3 Å². The fraction of sp³-hybridized carbons (Fsp3) is 0.0800. The number of fused-ring (bicyclic) bond motifs is 3. The lowest BCUT2D eigenvalue weighted by Crippen LogP contribution is -1.95. The van der Waals surface area contributed by atoms with E-state index in [4.69, 9.17) is 5.10 Å². The Morgan fingerprint density at radius 2 is 1.37 bits per heavy atom. The molecular formula is C25H20N2. The van der Waals surface area contributed by atoms with E-state index in [0.29, 0.717) is 0 Å². The average Bonchev–Trinajstić information content (AvgIpc) is 3.14. The van der Waals surface area contributed by atoms with Gasteiger partial charge in [0.15, 0.2) is 0 Å². The van der Waals surface area contributed by atoms with Gasteiger partial charge in [-0.3, -0.25) is 0 Å². The first kappa shape index (κ1) is 15.8. The first-order valence-electron chi connectivity index (χ1n) is 9.41. The summed E-state index contributed by atoms with van der Waals surface area (Å²) in [5.41, 5.74) is 7.07. The van der Waals surface area contributed by atoms with Gasteiger partial charge >= 0.3 is 0 Å². The number of benzene rings is 3. The van der Waals surface area contributed by atoms with Crippen molar-refractivity contribution in [2.45, 2.75) is 13.3 Å². The molecule has 0 spiro atoms. The van der Waals surface area contributed by atoms with Crippen LogP contribution in [0.1, 0.15) is 12.5 Å². The van der Waals surface area contributed by atoms with Gasteiger partial charge in [0.25, 0.3) is 0 Å². The van der Waals surface area contributed by atoms with Gasteiger partial charge in [0, 0.05) is 22.1 Å². The minimum absolute atomic E-state index is 0.940. The minimum Gasteiger partial charge on any atom is -0.232 e. The molecule has 130 valence electrons. The summed E-state index contributed by atoms with van der Waals surface area (Å²) in [5.74, 6) is 0. The Bertz CT molecular complexity index is 1240. The zero-order valence-electron chi connectivity index (χ0n) is 15.3. The molecule has 0 aliphatic heterocycles. The van der Waals surface area contributed by atoms with Crippen LogP contribution in [0.15, 0.2) is 91.0 Å². The van der Waals surface area contributed by atoms with Crippen LogP contribution >= 0.6 is 0 Å².